The van der Waals surface area contributed by atoms with Gasteiger partial charge in [-0.15, -0.1) is 0 Å². The number of methoxy groups -OCH3 is 2. The maximum Gasteiger partial charge on any atom is 0.332 e. The van der Waals surface area contributed by atoms with E-state index in [4.69, 9.17) is 4.74 Å². The van der Waals surface area contributed by atoms with E-state index in [2.05, 4.69) is 40.5 Å². The molecule has 34 heavy (non-hydrogen) atoms. The second-order valence-corrected chi connectivity index (χ2v) is 6.58. The topological polar surface area (TPSA) is 105 Å². The third-order valence-corrected chi connectivity index (χ3v) is 2.41. The van der Waals surface area contributed by atoms with Crippen molar-refractivity contribution in [1.29, 1.82) is 0 Å². The molecule has 2 radical (unpaired) electrons. The minimum absolute atomic E-state index is 0. The Bertz CT molecular complexity index is 626. The van der Waals surface area contributed by atoms with Crippen molar-refractivity contribution in [3.63, 3.8) is 0 Å². The Labute approximate surface area is 255 Å². The minimum atomic E-state index is -0.394. The van der Waals surface area contributed by atoms with Crippen LogP contribution in [-0.2, 0) is 104 Å². The first-order valence-corrected chi connectivity index (χ1v) is 9.33. The van der Waals surface area contributed by atoms with E-state index in [0.29, 0.717) is 24.4 Å². The number of carbonyl (C=O) groups is 4. The van der Waals surface area contributed by atoms with E-state index in [1.807, 2.05) is 27.7 Å². The first-order valence-electron chi connectivity index (χ1n) is 9.33. The molecule has 0 saturated heterocycles. The van der Waals surface area contributed by atoms with Gasteiger partial charge in [-0.3, -0.25) is 11.8 Å². The van der Waals surface area contributed by atoms with Gasteiger partial charge in [0.15, 0.2) is 0 Å². The Morgan fingerprint density at radius 1 is 0.676 bits per heavy atom. The second-order valence-electron chi connectivity index (χ2n) is 6.58. The van der Waals surface area contributed by atoms with Gasteiger partial charge in [0.2, 0.25) is 0 Å². The normalized spacial score (nSPS) is 8.06. The summed E-state index contributed by atoms with van der Waals surface area (Å²) in [6, 6.07) is 0. The minimum Gasteiger partial charge on any atom is -0.495 e. The maximum atomic E-state index is 10.7. The van der Waals surface area contributed by atoms with Crippen molar-refractivity contribution >= 4 is 23.9 Å². The van der Waals surface area contributed by atoms with Crippen LogP contribution in [0.3, 0.4) is 0 Å². The average molecular weight is 632 g/mol. The summed E-state index contributed by atoms with van der Waals surface area (Å²) in [6.45, 7) is 24.9. The van der Waals surface area contributed by atoms with Gasteiger partial charge < -0.3 is 18.9 Å². The van der Waals surface area contributed by atoms with E-state index in [0.717, 1.165) is 24.0 Å². The van der Waals surface area contributed by atoms with Crippen molar-refractivity contribution in [3.8, 4) is 0 Å². The molecule has 0 aromatic rings. The number of hydrogen-bond acceptors (Lipinski definition) is 8. The fourth-order valence-corrected chi connectivity index (χ4v) is 0.865. The first-order chi connectivity index (χ1) is 14.7. The van der Waals surface area contributed by atoms with Crippen molar-refractivity contribution in [1.82, 2.24) is 0 Å². The van der Waals surface area contributed by atoms with Crippen molar-refractivity contribution in [2.24, 2.45) is 0 Å². The molecule has 0 aliphatic carbocycles. The molecule has 0 aliphatic heterocycles. The number of carbonyl (C=O) groups excluding carboxylic acids is 4. The molecule has 0 atom stereocenters. The summed E-state index contributed by atoms with van der Waals surface area (Å²) >= 11 is 0. The van der Waals surface area contributed by atoms with Crippen molar-refractivity contribution in [2.45, 2.75) is 41.5 Å². The zero-order chi connectivity index (χ0) is 26.3. The van der Waals surface area contributed by atoms with Crippen LogP contribution in [-0.4, -0.2) is 51.3 Å². The van der Waals surface area contributed by atoms with E-state index >= 15 is 0 Å². The summed E-state index contributed by atoms with van der Waals surface area (Å²) < 4.78 is 17.9. The van der Waals surface area contributed by atoms with Crippen molar-refractivity contribution in [3.05, 3.63) is 61.4 Å². The van der Waals surface area contributed by atoms with E-state index < -0.39 is 5.97 Å². The fraction of sp³-hybridized carbons (Fsp3) is 0.417. The van der Waals surface area contributed by atoms with E-state index in [1.54, 1.807) is 13.8 Å². The quantitative estimate of drug-likeness (QED) is 0.170. The molecule has 0 heterocycles. The molecule has 0 rings (SSSR count). The predicted molar refractivity (Wildman–Crippen MR) is 125 cm³/mol. The van der Waals surface area contributed by atoms with E-state index in [-0.39, 0.29) is 83.3 Å². The number of ether oxygens (including phenoxy) is 4. The van der Waals surface area contributed by atoms with E-state index in [1.165, 1.54) is 14.2 Å². The largest absolute Gasteiger partial charge is 0.495 e. The Balaban J connectivity index is -0.0000000767. The van der Waals surface area contributed by atoms with Crippen molar-refractivity contribution < 1.29 is 104 Å². The molecule has 0 aliphatic rings. The third-order valence-electron chi connectivity index (χ3n) is 2.41. The van der Waals surface area contributed by atoms with Crippen LogP contribution >= 0.6 is 0 Å². The molecule has 8 nitrogen and oxygen atoms in total. The summed E-state index contributed by atoms with van der Waals surface area (Å²) in [4.78, 5) is 41.1. The molecular formula is C24H38O8Y2-2. The van der Waals surface area contributed by atoms with Gasteiger partial charge in [-0.25, -0.2) is 19.2 Å². The van der Waals surface area contributed by atoms with Crippen LogP contribution in [0.1, 0.15) is 41.5 Å². The van der Waals surface area contributed by atoms with Gasteiger partial charge >= 0.3 is 23.9 Å². The van der Waals surface area contributed by atoms with Crippen LogP contribution in [0.5, 0.6) is 0 Å². The molecule has 0 saturated carbocycles. The Kier molecular flexibility index (Phi) is 43.7. The fourth-order valence-electron chi connectivity index (χ4n) is 0.865. The summed E-state index contributed by atoms with van der Waals surface area (Å²) in [6.07, 6.45) is 2.27. The van der Waals surface area contributed by atoms with Crippen molar-refractivity contribution in [2.75, 3.05) is 27.4 Å². The summed E-state index contributed by atoms with van der Waals surface area (Å²) in [7, 11) is 2.64. The molecule has 0 aromatic carbocycles. The number of esters is 4. The molecule has 0 fully saturated rings. The standard InChI is InChI=1S/C8H13O2.C7H11O2.C5H8O2.C4H6O2.2Y/c1-6(2)5-10-8(9)7(3)4;1-4-7(8)9-5-6(2)3;1-4(2)5(6)7-3;1-3-4(5)6-2;;/h3,5H2,1-2,4H3;4H,1,5H2,2-3H3;1H2,2-3H3;3H,1H2,2H3;;/q2*-1;;;;. The van der Waals surface area contributed by atoms with Gasteiger partial charge in [0.05, 0.1) is 14.2 Å². The van der Waals surface area contributed by atoms with Crippen LogP contribution in [0.4, 0.5) is 0 Å². The molecule has 0 N–H and O–H groups in total. The Morgan fingerprint density at radius 2 is 1.03 bits per heavy atom. The van der Waals surface area contributed by atoms with Gasteiger partial charge in [0, 0.05) is 88.7 Å². The van der Waals surface area contributed by atoms with Crippen LogP contribution in [0, 0.1) is 11.8 Å². The molecule has 0 amide bonds. The second kappa shape index (κ2) is 32.0. The zero-order valence-corrected chi connectivity index (χ0v) is 27.5. The number of rotatable bonds is 8. The summed E-state index contributed by atoms with van der Waals surface area (Å²) in [5.74, 6) is 0.729. The third kappa shape index (κ3) is 44.7. The molecule has 0 aromatic heterocycles. The monoisotopic (exact) mass is 632 g/mol. The summed E-state index contributed by atoms with van der Waals surface area (Å²) in [5, 5.41) is 0. The zero-order valence-electron chi connectivity index (χ0n) is 21.8. The van der Waals surface area contributed by atoms with E-state index in [9.17, 15) is 19.2 Å². The van der Waals surface area contributed by atoms with Gasteiger partial charge in [0.1, 0.15) is 0 Å². The Morgan fingerprint density at radius 3 is 1.21 bits per heavy atom. The molecule has 0 unspecified atom stereocenters. The van der Waals surface area contributed by atoms with Gasteiger partial charge in [-0.2, -0.15) is 27.7 Å². The Hall–Kier alpha value is -0.952. The van der Waals surface area contributed by atoms with Gasteiger partial charge in [0.25, 0.3) is 0 Å². The first kappa shape index (κ1) is 46.4. The molecular weight excluding hydrogens is 594 g/mol. The van der Waals surface area contributed by atoms with Crippen LogP contribution in [0.15, 0.2) is 49.6 Å². The van der Waals surface area contributed by atoms with Crippen LogP contribution in [0.2, 0.25) is 0 Å². The SMILES string of the molecule is C=C(C)C(=O)OC.C=C(C)C(=O)OC[C-](C)C.C=CC(=O)OC.C=CC(=O)OC[C-](C)C.[Y].[Y]. The smallest absolute Gasteiger partial charge is 0.332 e. The maximum absolute atomic E-state index is 10.7. The molecule has 0 bridgehead atoms. The molecule has 190 valence electrons. The molecule has 10 heteroatoms. The van der Waals surface area contributed by atoms with Gasteiger partial charge in [-0.1, -0.05) is 26.3 Å². The molecule has 0 spiro atoms. The average Bonchev–Trinajstić information content (AvgIpc) is 2.75. The summed E-state index contributed by atoms with van der Waals surface area (Å²) in [5.41, 5.74) is 0.878. The van der Waals surface area contributed by atoms with Crippen LogP contribution in [0.25, 0.3) is 0 Å². The van der Waals surface area contributed by atoms with Crippen LogP contribution < -0.4 is 0 Å². The number of hydrogen-bond donors (Lipinski definition) is 0. The predicted octanol–water partition coefficient (Wildman–Crippen LogP) is 4.13. The van der Waals surface area contributed by atoms with Gasteiger partial charge in [-0.05, 0) is 27.1 Å².